The molecule has 0 aliphatic carbocycles. The van der Waals surface area contributed by atoms with Crippen molar-refractivity contribution >= 4 is 5.97 Å². The quantitative estimate of drug-likeness (QED) is 0.821. The SMILES string of the molecule is CN1C(C)(C)CC(OCCC(=O)O)CC1(C)C. The van der Waals surface area contributed by atoms with Crippen molar-refractivity contribution in [1.82, 2.24) is 4.90 Å². The molecule has 0 aromatic heterocycles. The van der Waals surface area contributed by atoms with E-state index in [1.165, 1.54) is 0 Å². The fourth-order valence-corrected chi connectivity index (χ4v) is 2.71. The summed E-state index contributed by atoms with van der Waals surface area (Å²) in [5, 5.41) is 8.60. The molecule has 0 bridgehead atoms. The van der Waals surface area contributed by atoms with Gasteiger partial charge in [0.15, 0.2) is 0 Å². The Bertz CT molecular complexity index is 268. The van der Waals surface area contributed by atoms with E-state index in [4.69, 9.17) is 9.84 Å². The summed E-state index contributed by atoms with van der Waals surface area (Å²) in [7, 11) is 2.15. The van der Waals surface area contributed by atoms with Crippen molar-refractivity contribution in [3.63, 3.8) is 0 Å². The van der Waals surface area contributed by atoms with Gasteiger partial charge in [-0.2, -0.15) is 0 Å². The van der Waals surface area contributed by atoms with E-state index in [0.29, 0.717) is 6.61 Å². The molecule has 1 N–H and O–H groups in total. The molecule has 1 saturated heterocycles. The van der Waals surface area contributed by atoms with Crippen molar-refractivity contribution in [2.75, 3.05) is 13.7 Å². The fourth-order valence-electron chi connectivity index (χ4n) is 2.71. The standard InChI is InChI=1S/C13H25NO3/c1-12(2)8-10(17-7-6-11(15)16)9-13(3,4)14(12)5/h10H,6-9H2,1-5H3,(H,15,16). The Labute approximate surface area is 104 Å². The molecule has 1 fully saturated rings. The summed E-state index contributed by atoms with van der Waals surface area (Å²) in [6, 6.07) is 0. The van der Waals surface area contributed by atoms with Crippen molar-refractivity contribution in [3.05, 3.63) is 0 Å². The maximum absolute atomic E-state index is 10.5. The summed E-state index contributed by atoms with van der Waals surface area (Å²) in [6.07, 6.45) is 2.15. The van der Waals surface area contributed by atoms with Crippen LogP contribution in [0.25, 0.3) is 0 Å². The van der Waals surface area contributed by atoms with Gasteiger partial charge < -0.3 is 9.84 Å². The summed E-state index contributed by atoms with van der Waals surface area (Å²) in [6.45, 7) is 9.15. The third kappa shape index (κ3) is 3.68. The molecule has 1 aliphatic rings. The van der Waals surface area contributed by atoms with Crippen LogP contribution in [-0.2, 0) is 9.53 Å². The Morgan fingerprint density at radius 3 is 2.18 bits per heavy atom. The molecule has 1 aliphatic heterocycles. The molecule has 4 heteroatoms. The van der Waals surface area contributed by atoms with E-state index in [2.05, 4.69) is 39.6 Å². The second kappa shape index (κ2) is 4.94. The fraction of sp³-hybridized carbons (Fsp3) is 0.923. The zero-order valence-electron chi connectivity index (χ0n) is 11.6. The monoisotopic (exact) mass is 243 g/mol. The molecule has 0 unspecified atom stereocenters. The molecule has 0 aromatic carbocycles. The van der Waals surface area contributed by atoms with E-state index in [1.807, 2.05) is 0 Å². The average molecular weight is 243 g/mol. The number of piperidine rings is 1. The van der Waals surface area contributed by atoms with Crippen LogP contribution in [0.3, 0.4) is 0 Å². The van der Waals surface area contributed by atoms with Crippen LogP contribution in [0.15, 0.2) is 0 Å². The Morgan fingerprint density at radius 1 is 1.29 bits per heavy atom. The van der Waals surface area contributed by atoms with Crippen molar-refractivity contribution in [1.29, 1.82) is 0 Å². The number of ether oxygens (including phenoxy) is 1. The van der Waals surface area contributed by atoms with Gasteiger partial charge in [0.1, 0.15) is 0 Å². The van der Waals surface area contributed by atoms with E-state index >= 15 is 0 Å². The first-order valence-electron chi connectivity index (χ1n) is 6.22. The summed E-state index contributed by atoms with van der Waals surface area (Å²) in [5.41, 5.74) is 0.186. The lowest BCUT2D eigenvalue weighted by Gasteiger charge is -2.53. The molecule has 0 spiro atoms. The number of hydrogen-bond donors (Lipinski definition) is 1. The predicted octanol–water partition coefficient (Wildman–Crippen LogP) is 2.13. The maximum Gasteiger partial charge on any atom is 0.305 e. The lowest BCUT2D eigenvalue weighted by atomic mass is 9.79. The third-order valence-corrected chi connectivity index (χ3v) is 3.94. The molecular formula is C13H25NO3. The summed E-state index contributed by atoms with van der Waals surface area (Å²) in [5.74, 6) is -0.795. The molecule has 0 aromatic rings. The minimum absolute atomic E-state index is 0.0905. The molecule has 1 rings (SSSR count). The van der Waals surface area contributed by atoms with Crippen molar-refractivity contribution in [2.24, 2.45) is 0 Å². The highest BCUT2D eigenvalue weighted by atomic mass is 16.5. The molecule has 0 saturated carbocycles. The lowest BCUT2D eigenvalue weighted by Crippen LogP contribution is -2.60. The first-order valence-corrected chi connectivity index (χ1v) is 6.22. The van der Waals surface area contributed by atoms with E-state index < -0.39 is 5.97 Å². The normalized spacial score (nSPS) is 24.8. The van der Waals surface area contributed by atoms with Gasteiger partial charge in [0, 0.05) is 11.1 Å². The highest BCUT2D eigenvalue weighted by Gasteiger charge is 2.43. The number of aliphatic carboxylic acids is 1. The van der Waals surface area contributed by atoms with Gasteiger partial charge in [0.2, 0.25) is 0 Å². The van der Waals surface area contributed by atoms with Gasteiger partial charge in [-0.25, -0.2) is 0 Å². The van der Waals surface area contributed by atoms with Crippen LogP contribution in [0.4, 0.5) is 0 Å². The Hall–Kier alpha value is -0.610. The number of hydrogen-bond acceptors (Lipinski definition) is 3. The van der Waals surface area contributed by atoms with Crippen LogP contribution in [-0.4, -0.2) is 46.8 Å². The Morgan fingerprint density at radius 2 is 1.76 bits per heavy atom. The highest BCUT2D eigenvalue weighted by Crippen LogP contribution is 2.37. The van der Waals surface area contributed by atoms with Crippen LogP contribution in [0.2, 0.25) is 0 Å². The first kappa shape index (κ1) is 14.5. The van der Waals surface area contributed by atoms with Crippen LogP contribution in [0.1, 0.15) is 47.0 Å². The number of likely N-dealkylation sites (tertiary alicyclic amines) is 1. The van der Waals surface area contributed by atoms with Crippen molar-refractivity contribution in [2.45, 2.75) is 64.1 Å². The molecule has 1 heterocycles. The summed E-state index contributed by atoms with van der Waals surface area (Å²) in [4.78, 5) is 12.8. The van der Waals surface area contributed by atoms with Crippen molar-refractivity contribution in [3.8, 4) is 0 Å². The number of nitrogens with zero attached hydrogens (tertiary/aromatic N) is 1. The van der Waals surface area contributed by atoms with Crippen LogP contribution < -0.4 is 0 Å². The molecule has 17 heavy (non-hydrogen) atoms. The maximum atomic E-state index is 10.5. The zero-order valence-corrected chi connectivity index (χ0v) is 11.6. The van der Waals surface area contributed by atoms with Crippen LogP contribution >= 0.6 is 0 Å². The van der Waals surface area contributed by atoms with Gasteiger partial charge in [0.05, 0.1) is 19.1 Å². The Balaban J connectivity index is 2.56. The molecule has 0 radical (unpaired) electrons. The number of carbonyl (C=O) groups is 1. The second-order valence-electron chi connectivity index (χ2n) is 6.23. The third-order valence-electron chi connectivity index (χ3n) is 3.94. The predicted molar refractivity (Wildman–Crippen MR) is 67.1 cm³/mol. The van der Waals surface area contributed by atoms with E-state index in [0.717, 1.165) is 12.8 Å². The van der Waals surface area contributed by atoms with E-state index in [-0.39, 0.29) is 23.6 Å². The molecule has 100 valence electrons. The van der Waals surface area contributed by atoms with Gasteiger partial charge in [-0.05, 0) is 47.6 Å². The van der Waals surface area contributed by atoms with Crippen LogP contribution in [0.5, 0.6) is 0 Å². The van der Waals surface area contributed by atoms with Crippen molar-refractivity contribution < 1.29 is 14.6 Å². The highest BCUT2D eigenvalue weighted by molar-refractivity contribution is 5.66. The average Bonchev–Trinajstić information content (AvgIpc) is 2.12. The molecule has 0 amide bonds. The van der Waals surface area contributed by atoms with E-state index in [1.54, 1.807) is 0 Å². The summed E-state index contributed by atoms with van der Waals surface area (Å²) >= 11 is 0. The van der Waals surface area contributed by atoms with Gasteiger partial charge in [-0.3, -0.25) is 9.69 Å². The smallest absolute Gasteiger partial charge is 0.305 e. The molecule has 0 atom stereocenters. The lowest BCUT2D eigenvalue weighted by molar-refractivity contribution is -0.140. The topological polar surface area (TPSA) is 49.8 Å². The summed E-state index contributed by atoms with van der Waals surface area (Å²) < 4.78 is 5.71. The second-order valence-corrected chi connectivity index (χ2v) is 6.23. The number of carboxylic acids is 1. The van der Waals surface area contributed by atoms with Gasteiger partial charge >= 0.3 is 5.97 Å². The minimum atomic E-state index is -0.795. The van der Waals surface area contributed by atoms with Gasteiger partial charge in [0.25, 0.3) is 0 Å². The molecular weight excluding hydrogens is 218 g/mol. The minimum Gasteiger partial charge on any atom is -0.481 e. The molecule has 4 nitrogen and oxygen atoms in total. The van der Waals surface area contributed by atoms with Crippen LogP contribution in [0, 0.1) is 0 Å². The van der Waals surface area contributed by atoms with E-state index in [9.17, 15) is 4.79 Å². The van der Waals surface area contributed by atoms with Gasteiger partial charge in [-0.15, -0.1) is 0 Å². The Kier molecular flexibility index (Phi) is 4.20. The largest absolute Gasteiger partial charge is 0.481 e. The zero-order chi connectivity index (χ0) is 13.3. The first-order chi connectivity index (χ1) is 7.65. The number of carboxylic acid groups (broad SMARTS) is 1. The van der Waals surface area contributed by atoms with Gasteiger partial charge in [-0.1, -0.05) is 0 Å². The number of rotatable bonds is 4.